The molecule has 1 spiro atoms. The Morgan fingerprint density at radius 3 is 1.71 bits per heavy atom. The molecule has 0 amide bonds. The third kappa shape index (κ3) is 4.29. The monoisotopic (exact) mass is 571 g/mol. The van der Waals surface area contributed by atoms with Crippen LogP contribution in [0.15, 0.2) is 84.9 Å². The van der Waals surface area contributed by atoms with E-state index >= 15 is 0 Å². The van der Waals surface area contributed by atoms with Crippen molar-refractivity contribution in [2.75, 3.05) is 40.9 Å². The van der Waals surface area contributed by atoms with E-state index < -0.39 is 17.3 Å². The Balaban J connectivity index is 1.64. The van der Waals surface area contributed by atoms with E-state index in [1.54, 1.807) is 12.1 Å². The molecule has 6 rings (SSSR count). The molecule has 4 aromatic carbocycles. The normalized spacial score (nSPS) is 14.7. The van der Waals surface area contributed by atoms with Gasteiger partial charge in [0.15, 0.2) is 0 Å². The molecule has 42 heavy (non-hydrogen) atoms. The first-order valence-corrected chi connectivity index (χ1v) is 14.8. The Morgan fingerprint density at radius 2 is 1.21 bits per heavy atom. The van der Waals surface area contributed by atoms with Crippen LogP contribution in [0.3, 0.4) is 0 Å². The van der Waals surface area contributed by atoms with Crippen molar-refractivity contribution in [3.63, 3.8) is 0 Å². The smallest absolute Gasteiger partial charge is 0.416 e. The third-order valence-electron chi connectivity index (χ3n) is 8.83. The van der Waals surface area contributed by atoms with Gasteiger partial charge < -0.3 is 19.4 Å². The third-order valence-corrected chi connectivity index (χ3v) is 8.83. The van der Waals surface area contributed by atoms with Gasteiger partial charge in [-0.25, -0.2) is 0 Å². The number of ether oxygens (including phenoxy) is 1. The van der Waals surface area contributed by atoms with Gasteiger partial charge in [0.1, 0.15) is 17.0 Å². The van der Waals surface area contributed by atoms with Crippen LogP contribution in [-0.2, 0) is 18.3 Å². The van der Waals surface area contributed by atoms with Crippen molar-refractivity contribution in [1.82, 2.24) is 0 Å². The number of hydrogen-bond acceptors (Lipinski definition) is 4. The van der Waals surface area contributed by atoms with Crippen molar-refractivity contribution in [2.24, 2.45) is 0 Å². The van der Waals surface area contributed by atoms with Gasteiger partial charge >= 0.3 is 6.18 Å². The maximum absolute atomic E-state index is 13.5. The zero-order valence-electron chi connectivity index (χ0n) is 24.5. The summed E-state index contributed by atoms with van der Waals surface area (Å²) in [7, 11) is 0. The summed E-state index contributed by atoms with van der Waals surface area (Å²) in [5.74, 6) is 1.52. The molecule has 0 radical (unpaired) electrons. The van der Waals surface area contributed by atoms with Gasteiger partial charge in [-0.15, -0.1) is 0 Å². The minimum absolute atomic E-state index is 0.552. The highest BCUT2D eigenvalue weighted by Crippen LogP contribution is 2.59. The van der Waals surface area contributed by atoms with Crippen LogP contribution < -0.4 is 19.4 Å². The molecule has 2 aliphatic rings. The zero-order valence-corrected chi connectivity index (χ0v) is 24.5. The Morgan fingerprint density at radius 1 is 0.690 bits per heavy atom. The number of nitrogens with zero attached hydrogens (tertiary/aromatic N) is 3. The maximum Gasteiger partial charge on any atom is 0.416 e. The molecule has 2 aliphatic heterocycles. The average molecular weight is 572 g/mol. The number of halogens is 3. The van der Waals surface area contributed by atoms with Crippen LogP contribution in [0.2, 0.25) is 0 Å². The van der Waals surface area contributed by atoms with Gasteiger partial charge in [0, 0.05) is 73.0 Å². The van der Waals surface area contributed by atoms with Gasteiger partial charge in [-0.3, -0.25) is 0 Å². The van der Waals surface area contributed by atoms with Crippen molar-refractivity contribution >= 4 is 17.1 Å². The first-order valence-electron chi connectivity index (χ1n) is 14.8. The standard InChI is InChI=1S/C35H36F3N3O/c1-5-39(6-2)27-17-19-30-32(21-27)42-33-22-28(40(7-3)8-4)18-20-31(33)34(30)29-12-10-9-11-24(29)23-41(34)26-15-13-25(14-16-26)35(36,37)38/h9-22H,5-8,23H2,1-4H3. The molecule has 4 nitrogen and oxygen atoms in total. The van der Waals surface area contributed by atoms with Crippen molar-refractivity contribution in [1.29, 1.82) is 0 Å². The molecule has 0 bridgehead atoms. The van der Waals surface area contributed by atoms with Crippen molar-refractivity contribution in [2.45, 2.75) is 46.0 Å². The van der Waals surface area contributed by atoms with Gasteiger partial charge in [0.2, 0.25) is 0 Å². The molecule has 0 atom stereocenters. The molecule has 0 saturated carbocycles. The molecule has 0 aromatic heterocycles. The Hall–Kier alpha value is -4.13. The fourth-order valence-electron chi connectivity index (χ4n) is 6.76. The van der Waals surface area contributed by atoms with Crippen LogP contribution in [0.1, 0.15) is 55.5 Å². The Bertz CT molecular complexity index is 1530. The fraction of sp³-hybridized carbons (Fsp3) is 0.314. The predicted octanol–water partition coefficient (Wildman–Crippen LogP) is 8.82. The first-order chi connectivity index (χ1) is 20.3. The quantitative estimate of drug-likeness (QED) is 0.221. The largest absolute Gasteiger partial charge is 0.456 e. The van der Waals surface area contributed by atoms with Crippen LogP contribution in [0.5, 0.6) is 11.5 Å². The lowest BCUT2D eigenvalue weighted by Gasteiger charge is -2.46. The van der Waals surface area contributed by atoms with Crippen molar-refractivity contribution < 1.29 is 17.9 Å². The molecular weight excluding hydrogens is 535 g/mol. The SMILES string of the molecule is CCN(CC)c1ccc2c(c1)Oc1cc(N(CC)CC)ccc1C21c2ccccc2CN1c1ccc(C(F)(F)F)cc1. The van der Waals surface area contributed by atoms with Gasteiger partial charge in [-0.2, -0.15) is 13.2 Å². The summed E-state index contributed by atoms with van der Waals surface area (Å²) in [4.78, 5) is 6.81. The summed E-state index contributed by atoms with van der Waals surface area (Å²) in [6, 6.07) is 26.7. The summed E-state index contributed by atoms with van der Waals surface area (Å²) >= 11 is 0. The van der Waals surface area contributed by atoms with Crippen LogP contribution in [0.25, 0.3) is 0 Å². The second-order valence-electron chi connectivity index (χ2n) is 10.8. The molecule has 218 valence electrons. The van der Waals surface area contributed by atoms with E-state index in [-0.39, 0.29) is 0 Å². The highest BCUT2D eigenvalue weighted by Gasteiger charge is 2.53. The second kappa shape index (κ2) is 10.6. The number of fused-ring (bicyclic) bond motifs is 6. The molecule has 0 N–H and O–H groups in total. The summed E-state index contributed by atoms with van der Waals surface area (Å²) in [6.07, 6.45) is -4.40. The van der Waals surface area contributed by atoms with E-state index in [9.17, 15) is 13.2 Å². The van der Waals surface area contributed by atoms with E-state index in [0.717, 1.165) is 77.0 Å². The number of rotatable bonds is 7. The Labute approximate surface area is 245 Å². The molecular formula is C35H36F3N3O. The zero-order chi connectivity index (χ0) is 29.6. The summed E-state index contributed by atoms with van der Waals surface area (Å²) < 4.78 is 47.4. The lowest BCUT2D eigenvalue weighted by Crippen LogP contribution is -2.45. The van der Waals surface area contributed by atoms with Crippen LogP contribution >= 0.6 is 0 Å². The van der Waals surface area contributed by atoms with E-state index in [1.807, 2.05) is 12.1 Å². The van der Waals surface area contributed by atoms with Crippen LogP contribution in [0.4, 0.5) is 30.2 Å². The lowest BCUT2D eigenvalue weighted by molar-refractivity contribution is -0.137. The van der Waals surface area contributed by atoms with Gasteiger partial charge in [-0.1, -0.05) is 36.4 Å². The number of alkyl halides is 3. The summed E-state index contributed by atoms with van der Waals surface area (Å²) in [5.41, 5.74) is 5.63. The average Bonchev–Trinajstić information content (AvgIpc) is 3.33. The van der Waals surface area contributed by atoms with Gasteiger partial charge in [-0.05, 0) is 75.2 Å². The number of anilines is 3. The van der Waals surface area contributed by atoms with Crippen molar-refractivity contribution in [3.8, 4) is 11.5 Å². The summed E-state index contributed by atoms with van der Waals surface area (Å²) in [6.45, 7) is 12.6. The van der Waals surface area contributed by atoms with Crippen LogP contribution in [0, 0.1) is 0 Å². The molecule has 4 aromatic rings. The molecule has 0 unspecified atom stereocenters. The van der Waals surface area contributed by atoms with Gasteiger partial charge in [0.05, 0.1) is 5.56 Å². The maximum atomic E-state index is 13.5. The highest BCUT2D eigenvalue weighted by molar-refractivity contribution is 5.76. The number of benzene rings is 4. The highest BCUT2D eigenvalue weighted by atomic mass is 19.4. The number of hydrogen-bond donors (Lipinski definition) is 0. The minimum atomic E-state index is -4.40. The molecule has 7 heteroatoms. The summed E-state index contributed by atoms with van der Waals surface area (Å²) in [5, 5.41) is 0. The van der Waals surface area contributed by atoms with E-state index in [0.29, 0.717) is 6.54 Å². The van der Waals surface area contributed by atoms with E-state index in [2.05, 4.69) is 90.9 Å². The Kier molecular flexibility index (Phi) is 7.08. The van der Waals surface area contributed by atoms with Crippen LogP contribution in [-0.4, -0.2) is 26.2 Å². The van der Waals surface area contributed by atoms with E-state index in [1.165, 1.54) is 12.1 Å². The minimum Gasteiger partial charge on any atom is -0.456 e. The molecule has 0 aliphatic carbocycles. The lowest BCUT2D eigenvalue weighted by atomic mass is 9.74. The van der Waals surface area contributed by atoms with Gasteiger partial charge in [0.25, 0.3) is 0 Å². The predicted molar refractivity (Wildman–Crippen MR) is 164 cm³/mol. The first kappa shape index (κ1) is 28.0. The van der Waals surface area contributed by atoms with Crippen molar-refractivity contribution in [3.05, 3.63) is 113 Å². The fourth-order valence-corrected chi connectivity index (χ4v) is 6.76. The topological polar surface area (TPSA) is 19.0 Å². The molecule has 0 fully saturated rings. The van der Waals surface area contributed by atoms with E-state index in [4.69, 9.17) is 4.74 Å². The molecule has 2 heterocycles. The molecule has 0 saturated heterocycles. The second-order valence-corrected chi connectivity index (χ2v) is 10.8.